The molecule has 5 heteroatoms. The first-order valence-electron chi connectivity index (χ1n) is 4.86. The highest BCUT2D eigenvalue weighted by Crippen LogP contribution is 2.20. The molecule has 16 heavy (non-hydrogen) atoms. The fourth-order valence-electron chi connectivity index (χ4n) is 1.27. The minimum absolute atomic E-state index is 0.0404. The van der Waals surface area contributed by atoms with Crippen LogP contribution in [0.4, 0.5) is 13.2 Å². The first kappa shape index (κ1) is 12.5. The molecule has 0 saturated carbocycles. The molecule has 0 aliphatic carbocycles. The zero-order valence-electron chi connectivity index (χ0n) is 8.94. The quantitative estimate of drug-likeness (QED) is 0.591. The molecular weight excluding hydrogens is 221 g/mol. The largest absolute Gasteiger partial charge is 0.462 e. The Balaban J connectivity index is 3.29. The summed E-state index contributed by atoms with van der Waals surface area (Å²) in [6.45, 7) is 3.15. The zero-order valence-corrected chi connectivity index (χ0v) is 8.94. The van der Waals surface area contributed by atoms with Crippen LogP contribution in [0.2, 0.25) is 0 Å². The lowest BCUT2D eigenvalue weighted by Gasteiger charge is -2.07. The summed E-state index contributed by atoms with van der Waals surface area (Å²) in [6, 6.07) is 0.978. The molecule has 0 atom stereocenters. The lowest BCUT2D eigenvalue weighted by Crippen LogP contribution is -2.11. The van der Waals surface area contributed by atoms with E-state index >= 15 is 0 Å². The topological polar surface area (TPSA) is 26.3 Å². The minimum atomic E-state index is -1.64. The van der Waals surface area contributed by atoms with Gasteiger partial charge < -0.3 is 4.74 Å². The van der Waals surface area contributed by atoms with Crippen LogP contribution in [0.25, 0.3) is 0 Å². The first-order valence-corrected chi connectivity index (χ1v) is 4.86. The van der Waals surface area contributed by atoms with Crippen LogP contribution in [0, 0.1) is 17.5 Å². The molecule has 1 rings (SSSR count). The average Bonchev–Trinajstić information content (AvgIpc) is 2.27. The van der Waals surface area contributed by atoms with Crippen LogP contribution in [0.15, 0.2) is 6.07 Å². The molecule has 1 aromatic carbocycles. The zero-order chi connectivity index (χ0) is 12.3. The van der Waals surface area contributed by atoms with Crippen LogP contribution in [0.5, 0.6) is 0 Å². The average molecular weight is 232 g/mol. The third-order valence-electron chi connectivity index (χ3n) is 2.10. The van der Waals surface area contributed by atoms with Crippen LogP contribution in [0.1, 0.15) is 29.8 Å². The molecule has 0 aliphatic heterocycles. The molecule has 0 fully saturated rings. The number of halogens is 3. The van der Waals surface area contributed by atoms with Gasteiger partial charge in [0, 0.05) is 0 Å². The molecule has 0 amide bonds. The highest BCUT2D eigenvalue weighted by molar-refractivity contribution is 5.90. The van der Waals surface area contributed by atoms with E-state index in [4.69, 9.17) is 0 Å². The van der Waals surface area contributed by atoms with E-state index in [0.29, 0.717) is 0 Å². The van der Waals surface area contributed by atoms with E-state index in [2.05, 4.69) is 4.74 Å². The van der Waals surface area contributed by atoms with Gasteiger partial charge in [-0.05, 0) is 25.0 Å². The highest BCUT2D eigenvalue weighted by Gasteiger charge is 2.22. The maximum Gasteiger partial charge on any atom is 0.341 e. The third kappa shape index (κ3) is 2.18. The third-order valence-corrected chi connectivity index (χ3v) is 2.10. The summed E-state index contributed by atoms with van der Waals surface area (Å²) in [5, 5.41) is 0. The van der Waals surface area contributed by atoms with Gasteiger partial charge in [-0.25, -0.2) is 18.0 Å². The second-order valence-electron chi connectivity index (χ2n) is 3.10. The maximum absolute atomic E-state index is 13.2. The van der Waals surface area contributed by atoms with Gasteiger partial charge in [0.25, 0.3) is 0 Å². The number of rotatable bonds is 3. The van der Waals surface area contributed by atoms with Gasteiger partial charge in [-0.2, -0.15) is 0 Å². The van der Waals surface area contributed by atoms with Gasteiger partial charge in [0.05, 0.1) is 12.2 Å². The van der Waals surface area contributed by atoms with E-state index in [1.807, 2.05) is 0 Å². The number of hydrogen-bond donors (Lipinski definition) is 0. The Labute approximate surface area is 91.0 Å². The summed E-state index contributed by atoms with van der Waals surface area (Å²) in [7, 11) is 0. The fourth-order valence-corrected chi connectivity index (χ4v) is 1.27. The Kier molecular flexibility index (Phi) is 3.93. The molecule has 1 aromatic rings. The van der Waals surface area contributed by atoms with Crippen molar-refractivity contribution >= 4 is 5.97 Å². The van der Waals surface area contributed by atoms with E-state index in [9.17, 15) is 18.0 Å². The Morgan fingerprint density at radius 1 is 1.19 bits per heavy atom. The van der Waals surface area contributed by atoms with E-state index in [-0.39, 0.29) is 18.6 Å². The monoisotopic (exact) mass is 232 g/mol. The lowest BCUT2D eigenvalue weighted by molar-refractivity contribution is 0.0519. The van der Waals surface area contributed by atoms with Gasteiger partial charge in [-0.3, -0.25) is 0 Å². The second kappa shape index (κ2) is 5.01. The summed E-state index contributed by atoms with van der Waals surface area (Å²) in [5.74, 6) is -5.39. The Morgan fingerprint density at radius 3 is 2.31 bits per heavy atom. The smallest absolute Gasteiger partial charge is 0.341 e. The second-order valence-corrected chi connectivity index (χ2v) is 3.10. The standard InChI is InChI=1S/C11H11F3O2/c1-3-6-5-7(11(15)16-4-2)9(13)10(14)8(6)12/h5H,3-4H2,1-2H3. The van der Waals surface area contributed by atoms with E-state index in [0.717, 1.165) is 6.07 Å². The van der Waals surface area contributed by atoms with Crippen LogP contribution >= 0.6 is 0 Å². The van der Waals surface area contributed by atoms with E-state index in [1.54, 1.807) is 6.92 Å². The molecule has 88 valence electrons. The maximum atomic E-state index is 13.2. The van der Waals surface area contributed by atoms with Crippen LogP contribution < -0.4 is 0 Å². The van der Waals surface area contributed by atoms with Crippen molar-refractivity contribution in [2.45, 2.75) is 20.3 Å². The first-order chi connectivity index (χ1) is 7.52. The molecule has 0 aliphatic rings. The van der Waals surface area contributed by atoms with Crippen molar-refractivity contribution in [1.82, 2.24) is 0 Å². The predicted molar refractivity (Wildman–Crippen MR) is 51.7 cm³/mol. The molecular formula is C11H11F3O2. The molecule has 0 aromatic heterocycles. The number of benzene rings is 1. The summed E-state index contributed by atoms with van der Waals surface area (Å²) >= 11 is 0. The van der Waals surface area contributed by atoms with E-state index < -0.39 is 29.0 Å². The Hall–Kier alpha value is -1.52. The van der Waals surface area contributed by atoms with Crippen LogP contribution in [-0.4, -0.2) is 12.6 Å². The van der Waals surface area contributed by atoms with Crippen molar-refractivity contribution < 1.29 is 22.7 Å². The summed E-state index contributed by atoms with van der Waals surface area (Å²) in [4.78, 5) is 11.2. The highest BCUT2D eigenvalue weighted by atomic mass is 19.2. The molecule has 0 unspecified atom stereocenters. The molecule has 0 heterocycles. The van der Waals surface area contributed by atoms with Gasteiger partial charge in [-0.15, -0.1) is 0 Å². The van der Waals surface area contributed by atoms with Gasteiger partial charge in [0.15, 0.2) is 17.5 Å². The predicted octanol–water partition coefficient (Wildman–Crippen LogP) is 2.84. The fraction of sp³-hybridized carbons (Fsp3) is 0.364. The number of ether oxygens (including phenoxy) is 1. The van der Waals surface area contributed by atoms with Crippen LogP contribution in [0.3, 0.4) is 0 Å². The number of aryl methyl sites for hydroxylation is 1. The molecule has 0 radical (unpaired) electrons. The van der Waals surface area contributed by atoms with Gasteiger partial charge >= 0.3 is 5.97 Å². The Morgan fingerprint density at radius 2 is 1.81 bits per heavy atom. The van der Waals surface area contributed by atoms with Crippen molar-refractivity contribution in [1.29, 1.82) is 0 Å². The van der Waals surface area contributed by atoms with Gasteiger partial charge in [0.2, 0.25) is 0 Å². The van der Waals surface area contributed by atoms with Crippen LogP contribution in [-0.2, 0) is 11.2 Å². The molecule has 0 saturated heterocycles. The number of carbonyl (C=O) groups excluding carboxylic acids is 1. The Bertz CT molecular complexity index is 416. The van der Waals surface area contributed by atoms with Gasteiger partial charge in [0.1, 0.15) is 0 Å². The van der Waals surface area contributed by atoms with Crippen molar-refractivity contribution in [2.24, 2.45) is 0 Å². The molecule has 0 N–H and O–H groups in total. The van der Waals surface area contributed by atoms with Crippen molar-refractivity contribution in [3.05, 3.63) is 34.6 Å². The lowest BCUT2D eigenvalue weighted by atomic mass is 10.1. The van der Waals surface area contributed by atoms with Gasteiger partial charge in [-0.1, -0.05) is 6.92 Å². The molecule has 0 bridgehead atoms. The van der Waals surface area contributed by atoms with Crippen molar-refractivity contribution in [3.8, 4) is 0 Å². The van der Waals surface area contributed by atoms with E-state index in [1.165, 1.54) is 6.92 Å². The minimum Gasteiger partial charge on any atom is -0.462 e. The number of carbonyl (C=O) groups is 1. The molecule has 2 nitrogen and oxygen atoms in total. The normalized spacial score (nSPS) is 10.3. The van der Waals surface area contributed by atoms with Crippen molar-refractivity contribution in [2.75, 3.05) is 6.61 Å². The summed E-state index contributed by atoms with van der Waals surface area (Å²) in [5.41, 5.74) is -0.625. The SMILES string of the molecule is CCOC(=O)c1cc(CC)c(F)c(F)c1F. The summed E-state index contributed by atoms with van der Waals surface area (Å²) in [6.07, 6.45) is 0.162. The number of esters is 1. The van der Waals surface area contributed by atoms with Crippen molar-refractivity contribution in [3.63, 3.8) is 0 Å². The summed E-state index contributed by atoms with van der Waals surface area (Å²) < 4.78 is 44.0. The number of hydrogen-bond acceptors (Lipinski definition) is 2. The molecule has 0 spiro atoms.